The van der Waals surface area contributed by atoms with Gasteiger partial charge in [0.25, 0.3) is 0 Å². The Morgan fingerprint density at radius 1 is 1.80 bits per heavy atom. The Kier molecular flexibility index (Phi) is 4.44. The number of methoxy groups -OCH3 is 1. The molecular weight excluding hydrogens is 218 g/mol. The Morgan fingerprint density at radius 3 is 3.07 bits per heavy atom. The van der Waals surface area contributed by atoms with Gasteiger partial charge in [-0.15, -0.1) is 0 Å². The second kappa shape index (κ2) is 5.62. The monoisotopic (exact) mass is 231 g/mol. The molecule has 0 aliphatic heterocycles. The van der Waals surface area contributed by atoms with Gasteiger partial charge in [-0.1, -0.05) is 0 Å². The molecule has 1 atom stereocenters. The number of thiazole rings is 1. The van der Waals surface area contributed by atoms with E-state index in [9.17, 15) is 10.1 Å². The number of hydrogen-bond donors (Lipinski definition) is 1. The van der Waals surface area contributed by atoms with Crippen molar-refractivity contribution in [3.05, 3.63) is 16.3 Å². The van der Waals surface area contributed by atoms with E-state index in [1.165, 1.54) is 6.20 Å². The Labute approximate surface area is 91.4 Å². The lowest BCUT2D eigenvalue weighted by atomic mass is 10.2. The van der Waals surface area contributed by atoms with Crippen LogP contribution in [0.5, 0.6) is 0 Å². The first-order valence-corrected chi connectivity index (χ1v) is 5.31. The first-order valence-electron chi connectivity index (χ1n) is 4.49. The maximum Gasteiger partial charge on any atom is 0.345 e. The van der Waals surface area contributed by atoms with E-state index in [0.717, 1.165) is 17.8 Å². The number of aromatic nitrogens is 1. The van der Waals surface area contributed by atoms with Crippen molar-refractivity contribution >= 4 is 21.5 Å². The number of nitrogens with zero attached hydrogens (tertiary/aromatic N) is 2. The van der Waals surface area contributed by atoms with Crippen LogP contribution in [0.2, 0.25) is 0 Å². The molecule has 1 rings (SSSR count). The second-order valence-electron chi connectivity index (χ2n) is 3.09. The highest BCUT2D eigenvalue weighted by atomic mass is 32.1. The number of hydrogen-bond acceptors (Lipinski definition) is 6. The largest absolute Gasteiger partial charge is 0.385 e. The van der Waals surface area contributed by atoms with Gasteiger partial charge in [0.1, 0.15) is 6.20 Å². The van der Waals surface area contributed by atoms with E-state index in [2.05, 4.69) is 10.3 Å². The van der Waals surface area contributed by atoms with Crippen molar-refractivity contribution in [2.24, 2.45) is 0 Å². The fourth-order valence-corrected chi connectivity index (χ4v) is 1.74. The maximum absolute atomic E-state index is 10.4. The first-order chi connectivity index (χ1) is 7.13. The molecule has 0 saturated heterocycles. The molecule has 15 heavy (non-hydrogen) atoms. The summed E-state index contributed by atoms with van der Waals surface area (Å²) in [6, 6.07) is 0.190. The van der Waals surface area contributed by atoms with Crippen LogP contribution in [-0.2, 0) is 4.74 Å². The minimum atomic E-state index is -0.442. The van der Waals surface area contributed by atoms with Gasteiger partial charge in [-0.25, -0.2) is 4.98 Å². The summed E-state index contributed by atoms with van der Waals surface area (Å²) in [6.45, 7) is 2.63. The molecular formula is C8H13N3O3S. The van der Waals surface area contributed by atoms with Crippen LogP contribution >= 0.6 is 11.3 Å². The Morgan fingerprint density at radius 2 is 2.53 bits per heavy atom. The molecule has 7 heteroatoms. The molecule has 84 valence electrons. The Bertz CT molecular complexity index is 329. The van der Waals surface area contributed by atoms with Crippen molar-refractivity contribution in [2.75, 3.05) is 19.0 Å². The predicted octanol–water partition coefficient (Wildman–Crippen LogP) is 1.89. The van der Waals surface area contributed by atoms with Gasteiger partial charge in [0.05, 0.1) is 4.92 Å². The molecule has 0 amide bonds. The summed E-state index contributed by atoms with van der Waals surface area (Å²) in [7, 11) is 1.64. The van der Waals surface area contributed by atoms with Crippen LogP contribution in [0, 0.1) is 10.1 Å². The molecule has 0 radical (unpaired) electrons. The first kappa shape index (κ1) is 11.9. The third kappa shape index (κ3) is 3.80. The van der Waals surface area contributed by atoms with Gasteiger partial charge in [-0.3, -0.25) is 10.1 Å². The van der Waals surface area contributed by atoms with Crippen molar-refractivity contribution in [2.45, 2.75) is 19.4 Å². The Hall–Kier alpha value is -1.21. The summed E-state index contributed by atoms with van der Waals surface area (Å²) in [4.78, 5) is 13.9. The van der Waals surface area contributed by atoms with Crippen molar-refractivity contribution < 1.29 is 9.66 Å². The quantitative estimate of drug-likeness (QED) is 0.597. The van der Waals surface area contributed by atoms with Gasteiger partial charge in [-0.05, 0) is 24.7 Å². The SMILES string of the molecule is COCCC(C)Nc1ncc([N+](=O)[O-])s1. The van der Waals surface area contributed by atoms with Crippen LogP contribution in [0.3, 0.4) is 0 Å². The van der Waals surface area contributed by atoms with Gasteiger partial charge in [0, 0.05) is 19.8 Å². The lowest BCUT2D eigenvalue weighted by Gasteiger charge is -2.11. The van der Waals surface area contributed by atoms with Crippen molar-refractivity contribution in [3.8, 4) is 0 Å². The lowest BCUT2D eigenvalue weighted by molar-refractivity contribution is -0.380. The summed E-state index contributed by atoms with van der Waals surface area (Å²) in [6.07, 6.45) is 2.10. The molecule has 0 saturated carbocycles. The number of nitrogens with one attached hydrogen (secondary N) is 1. The average molecular weight is 231 g/mol. The van der Waals surface area contributed by atoms with Gasteiger partial charge in [0.15, 0.2) is 5.13 Å². The van der Waals surface area contributed by atoms with E-state index in [4.69, 9.17) is 4.74 Å². The van der Waals surface area contributed by atoms with Crippen molar-refractivity contribution in [1.29, 1.82) is 0 Å². The third-order valence-electron chi connectivity index (χ3n) is 1.80. The highest BCUT2D eigenvalue weighted by Gasteiger charge is 2.12. The standard InChI is InChI=1S/C8H13N3O3S/c1-6(3-4-14-2)10-8-9-5-7(15-8)11(12)13/h5-6H,3-4H2,1-2H3,(H,9,10). The van der Waals surface area contributed by atoms with E-state index in [-0.39, 0.29) is 11.0 Å². The molecule has 1 aromatic rings. The minimum absolute atomic E-state index is 0.0523. The van der Waals surface area contributed by atoms with E-state index >= 15 is 0 Å². The fourth-order valence-electron chi connectivity index (χ4n) is 0.994. The highest BCUT2D eigenvalue weighted by Crippen LogP contribution is 2.25. The topological polar surface area (TPSA) is 77.3 Å². The smallest absolute Gasteiger partial charge is 0.345 e. The van der Waals surface area contributed by atoms with E-state index in [0.29, 0.717) is 11.7 Å². The maximum atomic E-state index is 10.4. The molecule has 0 aromatic carbocycles. The fraction of sp³-hybridized carbons (Fsp3) is 0.625. The van der Waals surface area contributed by atoms with Crippen LogP contribution in [0.25, 0.3) is 0 Å². The van der Waals surface area contributed by atoms with Crippen LogP contribution in [-0.4, -0.2) is 29.7 Å². The zero-order valence-corrected chi connectivity index (χ0v) is 9.41. The van der Waals surface area contributed by atoms with Crippen molar-refractivity contribution in [3.63, 3.8) is 0 Å². The van der Waals surface area contributed by atoms with E-state index in [1.807, 2.05) is 6.92 Å². The number of nitro groups is 1. The minimum Gasteiger partial charge on any atom is -0.385 e. The van der Waals surface area contributed by atoms with Crippen LogP contribution in [0.15, 0.2) is 6.20 Å². The number of ether oxygens (including phenoxy) is 1. The predicted molar refractivity (Wildman–Crippen MR) is 58.3 cm³/mol. The zero-order valence-electron chi connectivity index (χ0n) is 8.60. The summed E-state index contributed by atoms with van der Waals surface area (Å²) in [5, 5.41) is 14.1. The molecule has 1 unspecified atom stereocenters. The molecule has 6 nitrogen and oxygen atoms in total. The molecule has 1 heterocycles. The summed E-state index contributed by atoms with van der Waals surface area (Å²) < 4.78 is 4.93. The normalized spacial score (nSPS) is 12.4. The van der Waals surface area contributed by atoms with E-state index in [1.54, 1.807) is 7.11 Å². The highest BCUT2D eigenvalue weighted by molar-refractivity contribution is 7.18. The second-order valence-corrected chi connectivity index (χ2v) is 4.10. The summed E-state index contributed by atoms with van der Waals surface area (Å²) in [5.74, 6) is 0. The zero-order chi connectivity index (χ0) is 11.3. The van der Waals surface area contributed by atoms with Crippen LogP contribution < -0.4 is 5.32 Å². The molecule has 1 N–H and O–H groups in total. The van der Waals surface area contributed by atoms with E-state index < -0.39 is 4.92 Å². The van der Waals surface area contributed by atoms with Gasteiger partial charge >= 0.3 is 5.00 Å². The van der Waals surface area contributed by atoms with Crippen LogP contribution in [0.4, 0.5) is 10.1 Å². The molecule has 0 aliphatic carbocycles. The number of rotatable bonds is 6. The number of anilines is 1. The average Bonchev–Trinajstić information content (AvgIpc) is 2.63. The van der Waals surface area contributed by atoms with Crippen LogP contribution in [0.1, 0.15) is 13.3 Å². The summed E-state index contributed by atoms with van der Waals surface area (Å²) in [5.41, 5.74) is 0. The third-order valence-corrected chi connectivity index (χ3v) is 2.68. The van der Waals surface area contributed by atoms with Gasteiger partial charge in [0.2, 0.25) is 0 Å². The van der Waals surface area contributed by atoms with Crippen molar-refractivity contribution in [1.82, 2.24) is 4.98 Å². The van der Waals surface area contributed by atoms with Gasteiger partial charge in [-0.2, -0.15) is 0 Å². The molecule has 0 aliphatic rings. The van der Waals surface area contributed by atoms with Gasteiger partial charge < -0.3 is 10.1 Å². The molecule has 1 aromatic heterocycles. The Balaban J connectivity index is 2.46. The molecule has 0 fully saturated rings. The summed E-state index contributed by atoms with van der Waals surface area (Å²) >= 11 is 1.04. The lowest BCUT2D eigenvalue weighted by Crippen LogP contribution is -2.16. The molecule has 0 bridgehead atoms. The molecule has 0 spiro atoms.